The molecule has 1 radical (unpaired) electrons. The lowest BCUT2D eigenvalue weighted by Crippen LogP contribution is -2.35. The van der Waals surface area contributed by atoms with E-state index in [0.717, 1.165) is 38.6 Å². The van der Waals surface area contributed by atoms with Crippen molar-refractivity contribution < 1.29 is 9.15 Å². The predicted molar refractivity (Wildman–Crippen MR) is 49.3 cm³/mol. The third-order valence-electron chi connectivity index (χ3n) is 2.22. The van der Waals surface area contributed by atoms with Gasteiger partial charge in [0.25, 0.3) is 0 Å². The Morgan fingerprint density at radius 2 is 2.15 bits per heavy atom. The summed E-state index contributed by atoms with van der Waals surface area (Å²) in [6.07, 6.45) is 1.78. The van der Waals surface area contributed by atoms with Crippen LogP contribution in [0, 0.1) is 6.92 Å². The van der Waals surface area contributed by atoms with Crippen LogP contribution in [0.4, 0.5) is 0 Å². The fraction of sp³-hybridized carbons (Fsp3) is 0.500. The molecule has 0 saturated carbocycles. The van der Waals surface area contributed by atoms with Gasteiger partial charge in [-0.25, -0.2) is 0 Å². The van der Waals surface area contributed by atoms with E-state index in [-0.39, 0.29) is 0 Å². The first-order chi connectivity index (χ1) is 6.34. The molecular weight excluding hydrogens is 166 g/mol. The molecule has 1 saturated heterocycles. The summed E-state index contributed by atoms with van der Waals surface area (Å²) in [6, 6.07) is 1.98. The first-order valence-corrected chi connectivity index (χ1v) is 4.54. The summed E-state index contributed by atoms with van der Waals surface area (Å²) < 4.78 is 10.4. The van der Waals surface area contributed by atoms with Crippen molar-refractivity contribution in [3.63, 3.8) is 0 Å². The van der Waals surface area contributed by atoms with E-state index < -0.39 is 0 Å². The summed E-state index contributed by atoms with van der Waals surface area (Å²) in [6.45, 7) is 8.38. The molecule has 0 aliphatic carbocycles. The molecule has 1 aromatic rings. The van der Waals surface area contributed by atoms with Gasteiger partial charge in [0.05, 0.1) is 19.5 Å². The SMILES string of the molecule is [CH2]c1cc(CN2CCOCC2)co1. The fourth-order valence-electron chi connectivity index (χ4n) is 1.53. The van der Waals surface area contributed by atoms with Gasteiger partial charge in [0.15, 0.2) is 0 Å². The number of ether oxygens (including phenoxy) is 1. The van der Waals surface area contributed by atoms with Crippen LogP contribution in [0.2, 0.25) is 0 Å². The van der Waals surface area contributed by atoms with Gasteiger partial charge in [-0.1, -0.05) is 0 Å². The van der Waals surface area contributed by atoms with Gasteiger partial charge in [-0.15, -0.1) is 0 Å². The lowest BCUT2D eigenvalue weighted by molar-refractivity contribution is 0.0341. The minimum absolute atomic E-state index is 0.739. The number of hydrogen-bond acceptors (Lipinski definition) is 3. The van der Waals surface area contributed by atoms with Crippen molar-refractivity contribution in [1.82, 2.24) is 4.90 Å². The third kappa shape index (κ3) is 2.32. The molecular formula is C10H14NO2. The number of hydrogen-bond donors (Lipinski definition) is 0. The molecule has 2 heterocycles. The van der Waals surface area contributed by atoms with Crippen molar-refractivity contribution >= 4 is 0 Å². The van der Waals surface area contributed by atoms with Crippen LogP contribution in [0.1, 0.15) is 11.3 Å². The molecule has 0 amide bonds. The highest BCUT2D eigenvalue weighted by Crippen LogP contribution is 2.10. The van der Waals surface area contributed by atoms with Gasteiger partial charge in [-0.2, -0.15) is 0 Å². The van der Waals surface area contributed by atoms with E-state index in [1.54, 1.807) is 6.26 Å². The number of nitrogens with zero attached hydrogens (tertiary/aromatic N) is 1. The Morgan fingerprint density at radius 3 is 2.77 bits per heavy atom. The molecule has 1 fully saturated rings. The zero-order chi connectivity index (χ0) is 9.10. The van der Waals surface area contributed by atoms with E-state index in [1.165, 1.54) is 5.56 Å². The van der Waals surface area contributed by atoms with Gasteiger partial charge in [0, 0.05) is 32.1 Å². The van der Waals surface area contributed by atoms with Crippen molar-refractivity contribution in [2.45, 2.75) is 6.54 Å². The van der Waals surface area contributed by atoms with E-state index in [1.807, 2.05) is 6.07 Å². The zero-order valence-electron chi connectivity index (χ0n) is 7.66. The van der Waals surface area contributed by atoms with Crippen LogP contribution in [0.15, 0.2) is 16.7 Å². The normalized spacial score (nSPS) is 19.2. The smallest absolute Gasteiger partial charge is 0.104 e. The monoisotopic (exact) mass is 180 g/mol. The second-order valence-corrected chi connectivity index (χ2v) is 3.31. The molecule has 1 aromatic heterocycles. The van der Waals surface area contributed by atoms with Crippen LogP contribution in [0.3, 0.4) is 0 Å². The first kappa shape index (κ1) is 8.78. The topological polar surface area (TPSA) is 25.6 Å². The highest BCUT2D eigenvalue weighted by Gasteiger charge is 2.11. The molecule has 0 N–H and O–H groups in total. The molecule has 0 unspecified atom stereocenters. The Bertz CT molecular complexity index is 264. The average Bonchev–Trinajstić information content (AvgIpc) is 2.53. The second kappa shape index (κ2) is 3.94. The van der Waals surface area contributed by atoms with E-state index in [9.17, 15) is 0 Å². The molecule has 3 heteroatoms. The lowest BCUT2D eigenvalue weighted by atomic mass is 10.3. The maximum atomic E-state index is 5.27. The maximum Gasteiger partial charge on any atom is 0.104 e. The summed E-state index contributed by atoms with van der Waals surface area (Å²) in [5, 5.41) is 0. The van der Waals surface area contributed by atoms with Crippen molar-refractivity contribution in [3.8, 4) is 0 Å². The van der Waals surface area contributed by atoms with Crippen molar-refractivity contribution in [2.75, 3.05) is 26.3 Å². The maximum absolute atomic E-state index is 5.27. The summed E-state index contributed by atoms with van der Waals surface area (Å²) in [4.78, 5) is 2.35. The zero-order valence-corrected chi connectivity index (χ0v) is 7.66. The average molecular weight is 180 g/mol. The molecule has 0 spiro atoms. The summed E-state index contributed by atoms with van der Waals surface area (Å²) in [7, 11) is 0. The van der Waals surface area contributed by atoms with E-state index in [4.69, 9.17) is 9.15 Å². The van der Waals surface area contributed by atoms with Crippen molar-refractivity contribution in [3.05, 3.63) is 30.6 Å². The second-order valence-electron chi connectivity index (χ2n) is 3.31. The third-order valence-corrected chi connectivity index (χ3v) is 2.22. The van der Waals surface area contributed by atoms with E-state index in [0.29, 0.717) is 0 Å². The van der Waals surface area contributed by atoms with Crippen LogP contribution < -0.4 is 0 Å². The molecule has 2 rings (SSSR count). The first-order valence-electron chi connectivity index (χ1n) is 4.54. The van der Waals surface area contributed by atoms with Gasteiger partial charge in [-0.05, 0) is 6.07 Å². The molecule has 0 atom stereocenters. The predicted octanol–water partition coefficient (Wildman–Crippen LogP) is 1.29. The number of morpholine rings is 1. The minimum atomic E-state index is 0.739. The van der Waals surface area contributed by atoms with Gasteiger partial charge in [-0.3, -0.25) is 4.90 Å². The molecule has 3 nitrogen and oxygen atoms in total. The summed E-state index contributed by atoms with van der Waals surface area (Å²) in [5.74, 6) is 0.739. The van der Waals surface area contributed by atoms with Crippen LogP contribution >= 0.6 is 0 Å². The summed E-state index contributed by atoms with van der Waals surface area (Å²) >= 11 is 0. The molecule has 0 bridgehead atoms. The Kier molecular flexibility index (Phi) is 2.66. The largest absolute Gasteiger partial charge is 0.469 e. The van der Waals surface area contributed by atoms with Crippen LogP contribution in [0.25, 0.3) is 0 Å². The Hall–Kier alpha value is -0.800. The molecule has 71 valence electrons. The van der Waals surface area contributed by atoms with Crippen molar-refractivity contribution in [1.29, 1.82) is 0 Å². The molecule has 1 aliphatic rings. The van der Waals surface area contributed by atoms with E-state index in [2.05, 4.69) is 11.8 Å². The molecule has 13 heavy (non-hydrogen) atoms. The highest BCUT2D eigenvalue weighted by atomic mass is 16.5. The minimum Gasteiger partial charge on any atom is -0.469 e. The fourth-order valence-corrected chi connectivity index (χ4v) is 1.53. The van der Waals surface area contributed by atoms with E-state index >= 15 is 0 Å². The number of rotatable bonds is 2. The van der Waals surface area contributed by atoms with Crippen molar-refractivity contribution in [2.24, 2.45) is 0 Å². The number of furan rings is 1. The molecule has 1 aliphatic heterocycles. The van der Waals surface area contributed by atoms with Gasteiger partial charge < -0.3 is 9.15 Å². The highest BCUT2D eigenvalue weighted by molar-refractivity contribution is 5.14. The Labute approximate surface area is 78.3 Å². The lowest BCUT2D eigenvalue weighted by Gasteiger charge is -2.25. The van der Waals surface area contributed by atoms with Gasteiger partial charge >= 0.3 is 0 Å². The van der Waals surface area contributed by atoms with Crippen LogP contribution in [-0.2, 0) is 11.3 Å². The van der Waals surface area contributed by atoms with Crippen LogP contribution in [-0.4, -0.2) is 31.2 Å². The quantitative estimate of drug-likeness (QED) is 0.686. The summed E-state index contributed by atoms with van der Waals surface area (Å²) in [5.41, 5.74) is 1.20. The van der Waals surface area contributed by atoms with Gasteiger partial charge in [0.1, 0.15) is 5.76 Å². The Morgan fingerprint density at radius 1 is 1.38 bits per heavy atom. The standard InChI is InChI=1S/C10H14NO2/c1-9-6-10(8-13-9)7-11-2-4-12-5-3-11/h6,8H,1-5,7H2. The molecule has 0 aromatic carbocycles. The van der Waals surface area contributed by atoms with Gasteiger partial charge in [0.2, 0.25) is 0 Å². The Balaban J connectivity index is 1.89. The van der Waals surface area contributed by atoms with Crippen LogP contribution in [0.5, 0.6) is 0 Å².